The van der Waals surface area contributed by atoms with Gasteiger partial charge in [-0.25, -0.2) is 0 Å². The molecule has 12 rings (SSSR count). The van der Waals surface area contributed by atoms with E-state index >= 15 is 0 Å². The average molecular weight is 1850 g/mol. The van der Waals surface area contributed by atoms with Crippen molar-refractivity contribution in [3.63, 3.8) is 0 Å². The van der Waals surface area contributed by atoms with Gasteiger partial charge in [-0.15, -0.1) is 0 Å². The summed E-state index contributed by atoms with van der Waals surface area (Å²) in [7, 11) is 27.1. The van der Waals surface area contributed by atoms with Crippen LogP contribution in [0.5, 0.6) is 0 Å². The topological polar surface area (TPSA) is 168 Å². The van der Waals surface area contributed by atoms with E-state index in [-0.39, 0.29) is 24.0 Å². The monoisotopic (exact) mass is 1850 g/mol. The summed E-state index contributed by atoms with van der Waals surface area (Å²) in [4.78, 5) is 36.1. The minimum Gasteiger partial charge on any atom is -1.00 e. The molecule has 24 atom stereocenters. The Bertz CT molecular complexity index is 3180. The number of carboxylic acids is 2. The number of carbonyl (C=O) groups excluding carboxylic acids is 3. The Morgan fingerprint density at radius 3 is 0.855 bits per heavy atom. The average Bonchev–Trinajstić information content (AvgIpc) is 1.46. The molecule has 0 aromatic rings. The molecule has 0 heterocycles. The molecule has 12 aliphatic rings. The van der Waals surface area contributed by atoms with Crippen LogP contribution in [0.3, 0.4) is 0 Å². The smallest absolute Gasteiger partial charge is 0.183 e. The highest BCUT2D eigenvalue weighted by Gasteiger charge is 2.64. The van der Waals surface area contributed by atoms with Crippen LogP contribution in [0.15, 0.2) is 34.9 Å². The zero-order valence-corrected chi connectivity index (χ0v) is 87.8. The highest BCUT2D eigenvalue weighted by Crippen LogP contribution is 2.72. The van der Waals surface area contributed by atoms with Gasteiger partial charge in [-0.2, -0.15) is 0 Å². The summed E-state index contributed by atoms with van der Waals surface area (Å²) < 4.78 is 3.00. The molecule has 8 unspecified atom stereocenters. The fourth-order valence-electron chi connectivity index (χ4n) is 30.0. The molecule has 718 valence electrons. The van der Waals surface area contributed by atoms with E-state index in [1.165, 1.54) is 173 Å². The predicted octanol–water partition coefficient (Wildman–Crippen LogP) is 16.8. The van der Waals surface area contributed by atoms with Crippen LogP contribution in [-0.2, 0) is 14.4 Å². The van der Waals surface area contributed by atoms with Gasteiger partial charge in [-0.1, -0.05) is 197 Å². The first kappa shape index (κ1) is 108. The maximum Gasteiger partial charge on any atom is 0.183 e. The number of likely N-dealkylation sites (N-methyl/N-ethyl adjacent to an activating group) is 6. The van der Waals surface area contributed by atoms with Crippen molar-refractivity contribution in [2.75, 3.05) is 143 Å². The molecular weight excluding hydrogens is 1650 g/mol. The van der Waals surface area contributed by atoms with Crippen molar-refractivity contribution in [2.45, 2.75) is 358 Å². The second-order valence-corrected chi connectivity index (χ2v) is 51.5. The van der Waals surface area contributed by atoms with Crippen molar-refractivity contribution in [3.05, 3.63) is 34.9 Å². The number of carboxylic acid groups (broad SMARTS) is 2. The lowest BCUT2D eigenvalue weighted by Crippen LogP contribution is -3.00. The lowest BCUT2D eigenvalue weighted by molar-refractivity contribution is -0.869. The summed E-state index contributed by atoms with van der Waals surface area (Å²) >= 11 is 0. The van der Waals surface area contributed by atoms with Gasteiger partial charge in [0.1, 0.15) is 5.97 Å². The van der Waals surface area contributed by atoms with Crippen LogP contribution in [-0.4, -0.2) is 221 Å². The van der Waals surface area contributed by atoms with Gasteiger partial charge in [-0.3, -0.25) is 4.79 Å². The number of halogens is 1. The normalized spacial score (nSPS) is 37.4. The Kier molecular flexibility index (Phi) is 37.9. The molecule has 9 fully saturated rings. The Morgan fingerprint density at radius 2 is 0.637 bits per heavy atom. The fourth-order valence-corrected chi connectivity index (χ4v) is 30.0. The molecule has 3 N–H and O–H groups in total. The second kappa shape index (κ2) is 43.7. The van der Waals surface area contributed by atoms with Crippen LogP contribution >= 0.6 is 0 Å². The SMILES string of the molecule is CC(C)CCC[C@@H](C)[C@H]1CCC2C3CC=C4CC(O)(CCN(C)CC[N+](C)(C)C)CC[C@]4(C)C3CC[C@@]21C.CC(C)CCC[C@@H](C)[C@H]1CCC2C3CC=C4CC(O)(CCN(C)CC[N+](C)(C)C)CC[C@]4(C)C3CC[C@@]21C.CC(C)CCC[C@@H](C)[C@H]1CC[C@H]2[C@@H]3CC=C4C[C@](O)(CCN(C)CC[N+](C)(C)C)CC[C@]4(C)[C@H]3CC[C@]12C.O=C([O-])CC(=O)C(=O)[O-].[I-]. The van der Waals surface area contributed by atoms with Gasteiger partial charge >= 0.3 is 0 Å². The third-order valence-corrected chi connectivity index (χ3v) is 38.2. The summed E-state index contributed by atoms with van der Waals surface area (Å²) in [5, 5.41) is 54.1. The first-order valence-corrected chi connectivity index (χ1v) is 51.7. The number of fused-ring (bicyclic) bond motifs is 15. The fraction of sp³-hybridized carbons (Fsp3) is 0.917. The Balaban J connectivity index is 0.000000218. The van der Waals surface area contributed by atoms with Crippen LogP contribution in [0, 0.1) is 139 Å². The van der Waals surface area contributed by atoms with Gasteiger partial charge in [0.15, 0.2) is 5.78 Å². The van der Waals surface area contributed by atoms with Gasteiger partial charge in [0.2, 0.25) is 0 Å². The second-order valence-electron chi connectivity index (χ2n) is 51.5. The van der Waals surface area contributed by atoms with Gasteiger partial charge < -0.3 is 87.2 Å². The quantitative estimate of drug-likeness (QED) is 0.0180. The number of hydrogen-bond acceptors (Lipinski definition) is 11. The number of aliphatic carboxylic acids is 2. The zero-order chi connectivity index (χ0) is 91.2. The molecular formula is C109H197IN6O8. The molecule has 0 spiro atoms. The summed E-state index contributed by atoms with van der Waals surface area (Å²) in [5.41, 5.74) is 6.03. The third kappa shape index (κ3) is 26.9. The van der Waals surface area contributed by atoms with Crippen molar-refractivity contribution in [2.24, 2.45) is 139 Å². The predicted molar refractivity (Wildman–Crippen MR) is 509 cm³/mol. The first-order valence-electron chi connectivity index (χ1n) is 51.7. The number of Topliss-reactive ketones (excluding diaryl/α,β-unsaturated/α-hetero) is 1. The number of aliphatic hydroxyl groups is 3. The molecule has 0 radical (unpaired) electrons. The van der Waals surface area contributed by atoms with Crippen molar-refractivity contribution in [1.82, 2.24) is 14.7 Å². The first-order chi connectivity index (χ1) is 57.0. The Labute approximate surface area is 780 Å². The molecule has 0 saturated heterocycles. The summed E-state index contributed by atoms with van der Waals surface area (Å²) in [6, 6.07) is 0. The lowest BCUT2D eigenvalue weighted by Gasteiger charge is -2.59. The molecule has 14 nitrogen and oxygen atoms in total. The Morgan fingerprint density at radius 1 is 0.379 bits per heavy atom. The molecule has 0 aliphatic heterocycles. The molecule has 0 aromatic carbocycles. The lowest BCUT2D eigenvalue weighted by atomic mass is 9.46. The molecule has 12 aliphatic carbocycles. The zero-order valence-electron chi connectivity index (χ0n) is 85.6. The molecule has 0 amide bonds. The maximum absolute atomic E-state index is 11.7. The largest absolute Gasteiger partial charge is 1.00 e. The van der Waals surface area contributed by atoms with Gasteiger partial charge in [0.25, 0.3) is 0 Å². The van der Waals surface area contributed by atoms with E-state index in [4.69, 9.17) is 0 Å². The number of rotatable bonds is 36. The van der Waals surface area contributed by atoms with E-state index in [9.17, 15) is 39.9 Å². The van der Waals surface area contributed by atoms with Gasteiger partial charge in [0.05, 0.1) is 106 Å². The molecule has 0 aromatic heterocycles. The van der Waals surface area contributed by atoms with Crippen LogP contribution < -0.4 is 34.2 Å². The van der Waals surface area contributed by atoms with E-state index in [0.29, 0.717) is 32.5 Å². The molecule has 0 bridgehead atoms. The number of hydrogen-bond donors (Lipinski definition) is 3. The van der Waals surface area contributed by atoms with E-state index in [1.54, 1.807) is 16.7 Å². The molecule has 15 heteroatoms. The van der Waals surface area contributed by atoms with Crippen LogP contribution in [0.2, 0.25) is 0 Å². The van der Waals surface area contributed by atoms with Crippen molar-refractivity contribution < 1.29 is 77.3 Å². The highest BCUT2D eigenvalue weighted by molar-refractivity contribution is 6.34. The minimum absolute atomic E-state index is 0. The van der Waals surface area contributed by atoms with Crippen molar-refractivity contribution in [3.8, 4) is 0 Å². The van der Waals surface area contributed by atoms with Gasteiger partial charge in [0, 0.05) is 45.2 Å². The van der Waals surface area contributed by atoms with E-state index in [2.05, 4.69) is 221 Å². The number of allylic oxidation sites excluding steroid dienone is 3. The van der Waals surface area contributed by atoms with E-state index < -0.39 is 40.9 Å². The summed E-state index contributed by atoms with van der Waals surface area (Å²) in [6.45, 7) is 47.7. The van der Waals surface area contributed by atoms with Crippen LogP contribution in [0.4, 0.5) is 0 Å². The van der Waals surface area contributed by atoms with Crippen molar-refractivity contribution in [1.29, 1.82) is 0 Å². The maximum atomic E-state index is 11.7. The number of carbonyl (C=O) groups is 3. The van der Waals surface area contributed by atoms with Crippen molar-refractivity contribution >= 4 is 17.7 Å². The molecule has 124 heavy (non-hydrogen) atoms. The minimum atomic E-state index is -2.00. The molecule has 9 saturated carbocycles. The number of nitrogens with zero attached hydrogens (tertiary/aromatic N) is 6. The van der Waals surface area contributed by atoms with E-state index in [0.717, 1.165) is 237 Å². The third-order valence-electron chi connectivity index (χ3n) is 38.2. The summed E-state index contributed by atoms with van der Waals surface area (Å²) in [6.07, 6.45) is 52.9. The van der Waals surface area contributed by atoms with Crippen LogP contribution in [0.1, 0.15) is 341 Å². The Hall–Kier alpha value is -1.80. The van der Waals surface area contributed by atoms with E-state index in [1.807, 2.05) is 0 Å². The number of quaternary nitrogens is 3. The number of ketones is 1. The van der Waals surface area contributed by atoms with Crippen LogP contribution in [0.25, 0.3) is 0 Å². The van der Waals surface area contributed by atoms with Gasteiger partial charge in [-0.05, 0) is 334 Å². The summed E-state index contributed by atoms with van der Waals surface area (Å²) in [5.74, 6) is 10.7. The standard InChI is InChI=1S/3C35H65N2O.C4H4O5.HI/c3*1-26(2)11-10-12-27(3)30-15-16-31-29-14-13-28-25-35(38,21-22-36(6)23-24-37(7,8)9)20-19-33(28,4)32(29)17-18-34(30,31)5;5-2(4(8)9)1-3(6)7;/h3*13,26-27,29-32,38H,10-12,14-25H2,1-9H3;1H2,(H,6,7)(H,8,9);1H/q3*+1;;/p-3/t2*27-,29?,30-,31?,32?,33+,34-,35?;27-,29+,30-,31+,32+,33+,34-,35-;;/m111../s1. The highest BCUT2D eigenvalue weighted by atomic mass is 127.